The Kier molecular flexibility index (Phi) is 3.85. The van der Waals surface area contributed by atoms with E-state index in [9.17, 15) is 15.2 Å². The minimum Gasteiger partial charge on any atom is -0.396 e. The van der Waals surface area contributed by atoms with Crippen LogP contribution in [0.2, 0.25) is 0 Å². The molecule has 0 radical (unpaired) electrons. The van der Waals surface area contributed by atoms with Crippen molar-refractivity contribution >= 4 is 22.3 Å². The number of nitro groups is 1. The van der Waals surface area contributed by atoms with E-state index in [1.54, 1.807) is 18.2 Å². The Morgan fingerprint density at radius 2 is 2.15 bits per heavy atom. The average Bonchev–Trinajstić information content (AvgIpc) is 2.44. The quantitative estimate of drug-likeness (QED) is 0.646. The normalized spacial score (nSPS) is 11.6. The molecule has 1 aromatic carbocycles. The third kappa shape index (κ3) is 2.85. The zero-order valence-corrected chi connectivity index (χ0v) is 11.5. The van der Waals surface area contributed by atoms with Gasteiger partial charge in [0.2, 0.25) is 0 Å². The number of rotatable bonds is 5. The maximum Gasteiger partial charge on any atom is 0.295 e. The molecule has 0 aliphatic carbocycles. The number of aliphatic hydroxyl groups is 1. The van der Waals surface area contributed by atoms with E-state index in [1.165, 1.54) is 12.3 Å². The number of hydrogen-bond acceptors (Lipinski definition) is 5. The fourth-order valence-corrected chi connectivity index (χ4v) is 1.85. The first-order valence-electron chi connectivity index (χ1n) is 6.31. The second-order valence-electron chi connectivity index (χ2n) is 5.46. The van der Waals surface area contributed by atoms with Crippen LogP contribution in [0.15, 0.2) is 30.5 Å². The van der Waals surface area contributed by atoms with Gasteiger partial charge in [0.25, 0.3) is 5.69 Å². The highest BCUT2D eigenvalue weighted by atomic mass is 16.6. The molecule has 0 amide bonds. The minimum absolute atomic E-state index is 0.00688. The summed E-state index contributed by atoms with van der Waals surface area (Å²) in [5.74, 6) is 0. The molecule has 0 saturated carbocycles. The van der Waals surface area contributed by atoms with Crippen LogP contribution in [0.5, 0.6) is 0 Å². The number of anilines is 1. The van der Waals surface area contributed by atoms with Crippen molar-refractivity contribution in [2.24, 2.45) is 5.41 Å². The molecule has 1 aromatic heterocycles. The molecule has 6 nitrogen and oxygen atoms in total. The second kappa shape index (κ2) is 5.42. The molecule has 0 fully saturated rings. The summed E-state index contributed by atoms with van der Waals surface area (Å²) in [4.78, 5) is 14.7. The summed E-state index contributed by atoms with van der Waals surface area (Å²) in [6.45, 7) is 4.49. The minimum atomic E-state index is -0.434. The number of fused-ring (bicyclic) bond motifs is 1. The fourth-order valence-electron chi connectivity index (χ4n) is 1.85. The van der Waals surface area contributed by atoms with Crippen molar-refractivity contribution in [3.63, 3.8) is 0 Å². The molecule has 2 rings (SSSR count). The fraction of sp³-hybridized carbons (Fsp3) is 0.357. The van der Waals surface area contributed by atoms with E-state index in [4.69, 9.17) is 0 Å². The number of aliphatic hydroxyl groups excluding tert-OH is 1. The first kappa shape index (κ1) is 14.2. The van der Waals surface area contributed by atoms with Gasteiger partial charge in [0.05, 0.1) is 4.92 Å². The molecule has 0 aliphatic heterocycles. The van der Waals surface area contributed by atoms with Gasteiger partial charge in [0.1, 0.15) is 5.52 Å². The van der Waals surface area contributed by atoms with Crippen molar-refractivity contribution in [2.45, 2.75) is 13.8 Å². The molecular weight excluding hydrogens is 258 g/mol. The summed E-state index contributed by atoms with van der Waals surface area (Å²) in [7, 11) is 0. The van der Waals surface area contributed by atoms with Crippen LogP contribution in [0.4, 0.5) is 11.4 Å². The van der Waals surface area contributed by atoms with Crippen molar-refractivity contribution < 1.29 is 10.0 Å². The highest BCUT2D eigenvalue weighted by Crippen LogP contribution is 2.30. The van der Waals surface area contributed by atoms with Gasteiger partial charge in [-0.3, -0.25) is 10.1 Å². The molecule has 0 aliphatic rings. The summed E-state index contributed by atoms with van der Waals surface area (Å²) in [6, 6.07) is 6.66. The van der Waals surface area contributed by atoms with Crippen LogP contribution in [-0.4, -0.2) is 28.2 Å². The van der Waals surface area contributed by atoms with Crippen LogP contribution in [0.25, 0.3) is 10.9 Å². The molecule has 0 atom stereocenters. The van der Waals surface area contributed by atoms with Crippen LogP contribution in [-0.2, 0) is 0 Å². The molecule has 106 valence electrons. The predicted octanol–water partition coefficient (Wildman–Crippen LogP) is 2.57. The third-order valence-electron chi connectivity index (χ3n) is 3.13. The number of pyridine rings is 1. The molecule has 0 spiro atoms. The van der Waals surface area contributed by atoms with Crippen LogP contribution in [0.1, 0.15) is 13.8 Å². The molecule has 2 N–H and O–H groups in total. The van der Waals surface area contributed by atoms with Gasteiger partial charge in [-0.2, -0.15) is 0 Å². The Morgan fingerprint density at radius 3 is 2.80 bits per heavy atom. The number of nitrogens with one attached hydrogen (secondary N) is 1. The molecule has 1 heterocycles. The number of benzene rings is 1. The summed E-state index contributed by atoms with van der Waals surface area (Å²) in [5, 5.41) is 24.2. The largest absolute Gasteiger partial charge is 0.396 e. The molecule has 0 saturated heterocycles. The molecule has 20 heavy (non-hydrogen) atoms. The smallest absolute Gasteiger partial charge is 0.295 e. The van der Waals surface area contributed by atoms with Gasteiger partial charge < -0.3 is 10.4 Å². The van der Waals surface area contributed by atoms with Crippen LogP contribution < -0.4 is 5.32 Å². The maximum absolute atomic E-state index is 11.0. The Morgan fingerprint density at radius 1 is 1.40 bits per heavy atom. The third-order valence-corrected chi connectivity index (χ3v) is 3.13. The lowest BCUT2D eigenvalue weighted by atomic mass is 9.95. The highest BCUT2D eigenvalue weighted by Gasteiger charge is 2.19. The number of hydrogen-bond donors (Lipinski definition) is 2. The van der Waals surface area contributed by atoms with Gasteiger partial charge in [-0.15, -0.1) is 0 Å². The number of nitro benzene ring substituents is 1. The van der Waals surface area contributed by atoms with Gasteiger partial charge in [0.15, 0.2) is 0 Å². The molecule has 0 bridgehead atoms. The SMILES string of the molecule is CC(C)(CO)CNc1ccc([N+](=O)[O-])c2ncccc12. The number of nitrogens with zero attached hydrogens (tertiary/aromatic N) is 2. The average molecular weight is 275 g/mol. The number of non-ortho nitro benzene ring substituents is 1. The van der Waals surface area contributed by atoms with Crippen LogP contribution >= 0.6 is 0 Å². The van der Waals surface area contributed by atoms with Crippen molar-refractivity contribution in [3.8, 4) is 0 Å². The molecule has 0 unspecified atom stereocenters. The monoisotopic (exact) mass is 275 g/mol. The van der Waals surface area contributed by atoms with E-state index in [-0.39, 0.29) is 17.7 Å². The predicted molar refractivity (Wildman–Crippen MR) is 77.8 cm³/mol. The lowest BCUT2D eigenvalue weighted by Gasteiger charge is -2.23. The second-order valence-corrected chi connectivity index (χ2v) is 5.46. The van der Waals surface area contributed by atoms with Crippen molar-refractivity contribution in [1.29, 1.82) is 0 Å². The Hall–Kier alpha value is -2.21. The van der Waals surface area contributed by atoms with E-state index >= 15 is 0 Å². The van der Waals surface area contributed by atoms with Gasteiger partial charge in [-0.05, 0) is 18.2 Å². The molecule has 2 aromatic rings. The van der Waals surface area contributed by atoms with E-state index in [0.717, 1.165) is 5.69 Å². The Labute approximate surface area is 116 Å². The van der Waals surface area contributed by atoms with Gasteiger partial charge in [0, 0.05) is 41.9 Å². The van der Waals surface area contributed by atoms with E-state index in [1.807, 2.05) is 13.8 Å². The highest BCUT2D eigenvalue weighted by molar-refractivity contribution is 5.96. The topological polar surface area (TPSA) is 88.3 Å². The van der Waals surface area contributed by atoms with Crippen molar-refractivity contribution in [2.75, 3.05) is 18.5 Å². The Bertz CT molecular complexity index is 641. The summed E-state index contributed by atoms with van der Waals surface area (Å²) in [6.07, 6.45) is 1.54. The van der Waals surface area contributed by atoms with Crippen LogP contribution in [0, 0.1) is 15.5 Å². The first-order valence-corrected chi connectivity index (χ1v) is 6.31. The lowest BCUT2D eigenvalue weighted by Crippen LogP contribution is -2.26. The summed E-state index contributed by atoms with van der Waals surface area (Å²) < 4.78 is 0. The van der Waals surface area contributed by atoms with Crippen LogP contribution in [0.3, 0.4) is 0 Å². The Balaban J connectivity index is 2.41. The molecular formula is C14H17N3O3. The molecule has 6 heteroatoms. The summed E-state index contributed by atoms with van der Waals surface area (Å²) >= 11 is 0. The van der Waals surface area contributed by atoms with Gasteiger partial charge in [-0.25, -0.2) is 4.98 Å². The van der Waals surface area contributed by atoms with Crippen molar-refractivity contribution in [1.82, 2.24) is 4.98 Å². The van der Waals surface area contributed by atoms with Crippen molar-refractivity contribution in [3.05, 3.63) is 40.6 Å². The lowest BCUT2D eigenvalue weighted by molar-refractivity contribution is -0.383. The van der Waals surface area contributed by atoms with Gasteiger partial charge >= 0.3 is 0 Å². The van der Waals surface area contributed by atoms with Gasteiger partial charge in [-0.1, -0.05) is 13.8 Å². The van der Waals surface area contributed by atoms with E-state index in [2.05, 4.69) is 10.3 Å². The standard InChI is InChI=1S/C14H17N3O3/c1-14(2,9-18)8-16-11-5-6-12(17(19)20)13-10(11)4-3-7-15-13/h3-7,16,18H,8-9H2,1-2H3. The zero-order valence-electron chi connectivity index (χ0n) is 11.5. The number of aromatic nitrogens is 1. The van der Waals surface area contributed by atoms with E-state index in [0.29, 0.717) is 17.4 Å². The van der Waals surface area contributed by atoms with E-state index < -0.39 is 4.92 Å². The summed E-state index contributed by atoms with van der Waals surface area (Å²) in [5.41, 5.74) is 0.869. The zero-order chi connectivity index (χ0) is 14.8. The first-order chi connectivity index (χ1) is 9.44. The maximum atomic E-state index is 11.0.